The van der Waals surface area contributed by atoms with Crippen molar-refractivity contribution >= 4 is 27.5 Å². The van der Waals surface area contributed by atoms with Crippen LogP contribution in [0, 0.1) is 0 Å². The zero-order valence-corrected chi connectivity index (χ0v) is 18.7. The van der Waals surface area contributed by atoms with Crippen LogP contribution in [-0.4, -0.2) is 83.3 Å². The minimum absolute atomic E-state index is 0.0352. The molecule has 172 valence electrons. The molecule has 0 spiro atoms. The van der Waals surface area contributed by atoms with Crippen LogP contribution >= 0.6 is 0 Å². The summed E-state index contributed by atoms with van der Waals surface area (Å²) >= 11 is 0. The molecule has 2 saturated heterocycles. The highest BCUT2D eigenvalue weighted by Gasteiger charge is 2.33. The van der Waals surface area contributed by atoms with E-state index in [9.17, 15) is 18.0 Å². The molecule has 2 aliphatic rings. The van der Waals surface area contributed by atoms with Crippen molar-refractivity contribution in [2.45, 2.75) is 37.2 Å². The van der Waals surface area contributed by atoms with Crippen molar-refractivity contribution in [1.82, 2.24) is 9.62 Å². The van der Waals surface area contributed by atoms with Crippen LogP contribution in [0.25, 0.3) is 0 Å². The Morgan fingerprint density at radius 3 is 2.68 bits per heavy atom. The molecular weight excluding hydrogens is 424 g/mol. The summed E-state index contributed by atoms with van der Waals surface area (Å²) in [5, 5.41) is 0. The summed E-state index contributed by atoms with van der Waals surface area (Å²) in [5.74, 6) is -0.598. The number of ether oxygens (including phenoxy) is 2. The lowest BCUT2D eigenvalue weighted by Crippen LogP contribution is -2.57. The van der Waals surface area contributed by atoms with Gasteiger partial charge in [0.05, 0.1) is 30.8 Å². The zero-order chi connectivity index (χ0) is 22.6. The van der Waals surface area contributed by atoms with Crippen molar-refractivity contribution in [3.05, 3.63) is 23.8 Å². The lowest BCUT2D eigenvalue weighted by Gasteiger charge is -2.35. The Hall–Kier alpha value is -2.05. The maximum absolute atomic E-state index is 13.3. The molecule has 1 aromatic carbocycles. The monoisotopic (exact) mass is 454 g/mol. The van der Waals surface area contributed by atoms with Crippen molar-refractivity contribution < 1.29 is 27.5 Å². The van der Waals surface area contributed by atoms with Gasteiger partial charge in [0, 0.05) is 25.3 Å². The van der Waals surface area contributed by atoms with Crippen LogP contribution < -0.4 is 15.4 Å². The first kappa shape index (κ1) is 23.6. The fraction of sp³-hybridized carbons (Fsp3) is 0.600. The Bertz CT molecular complexity index is 922. The molecule has 0 radical (unpaired) electrons. The lowest BCUT2D eigenvalue weighted by molar-refractivity contribution is -0.140. The maximum atomic E-state index is 13.3. The Morgan fingerprint density at radius 1 is 1.29 bits per heavy atom. The number of anilines is 1. The van der Waals surface area contributed by atoms with Crippen molar-refractivity contribution in [3.8, 4) is 0 Å². The third kappa shape index (κ3) is 5.07. The van der Waals surface area contributed by atoms with Gasteiger partial charge in [0.1, 0.15) is 12.6 Å². The van der Waals surface area contributed by atoms with Crippen molar-refractivity contribution in [2.24, 2.45) is 5.73 Å². The minimum atomic E-state index is -4.07. The normalized spacial score (nSPS) is 21.3. The van der Waals surface area contributed by atoms with E-state index in [-0.39, 0.29) is 35.9 Å². The summed E-state index contributed by atoms with van der Waals surface area (Å²) in [6, 6.07) is 3.54. The van der Waals surface area contributed by atoms with E-state index in [4.69, 9.17) is 15.2 Å². The van der Waals surface area contributed by atoms with E-state index >= 15 is 0 Å². The number of nitrogens with zero attached hydrogens (tertiary/aromatic N) is 2. The van der Waals surface area contributed by atoms with Crippen LogP contribution in [0.2, 0.25) is 0 Å². The van der Waals surface area contributed by atoms with Gasteiger partial charge in [-0.1, -0.05) is 13.0 Å². The number of amides is 2. The number of hydrogen-bond acceptors (Lipinski definition) is 7. The SMILES string of the molecule is CCc1c(N2CCOCC2=O)cccc1S(=O)(=O)N[C@@H](CN)C(=O)N1CCOC[C@@H]1C. The van der Waals surface area contributed by atoms with E-state index in [1.165, 1.54) is 6.07 Å². The highest BCUT2D eigenvalue weighted by molar-refractivity contribution is 7.89. The molecule has 10 nitrogen and oxygen atoms in total. The molecule has 3 rings (SSSR count). The summed E-state index contributed by atoms with van der Waals surface area (Å²) in [6.07, 6.45) is 0.388. The topological polar surface area (TPSA) is 131 Å². The number of nitrogens with two attached hydrogens (primary N) is 1. The van der Waals surface area contributed by atoms with Gasteiger partial charge in [-0.2, -0.15) is 4.72 Å². The second-order valence-corrected chi connectivity index (χ2v) is 9.25. The molecule has 0 bridgehead atoms. The second-order valence-electron chi connectivity index (χ2n) is 7.57. The fourth-order valence-electron chi connectivity index (χ4n) is 3.89. The predicted molar refractivity (Wildman–Crippen MR) is 114 cm³/mol. The third-order valence-electron chi connectivity index (χ3n) is 5.51. The first-order chi connectivity index (χ1) is 14.8. The first-order valence-corrected chi connectivity index (χ1v) is 11.9. The van der Waals surface area contributed by atoms with Crippen LogP contribution in [-0.2, 0) is 35.5 Å². The molecule has 2 aliphatic heterocycles. The predicted octanol–water partition coefficient (Wildman–Crippen LogP) is -0.535. The molecule has 2 atom stereocenters. The standard InChI is InChI=1S/C20H30N4O6S/c1-3-15-17(24-8-10-30-13-19(24)25)5-4-6-18(15)31(27,28)22-16(11-21)20(26)23-7-9-29-12-14(23)2/h4-6,14,16,22H,3,7-13,21H2,1-2H3/t14-,16-/m0/s1. The van der Waals surface area contributed by atoms with Gasteiger partial charge in [-0.05, 0) is 31.0 Å². The van der Waals surface area contributed by atoms with Crippen molar-refractivity contribution in [2.75, 3.05) is 51.0 Å². The molecule has 0 aromatic heterocycles. The summed E-state index contributed by atoms with van der Waals surface area (Å²) in [7, 11) is -4.07. The van der Waals surface area contributed by atoms with Gasteiger partial charge in [-0.15, -0.1) is 0 Å². The first-order valence-electron chi connectivity index (χ1n) is 10.4. The van der Waals surface area contributed by atoms with Crippen LogP contribution in [0.15, 0.2) is 23.1 Å². The smallest absolute Gasteiger partial charge is 0.253 e. The van der Waals surface area contributed by atoms with Crippen LogP contribution in [0.5, 0.6) is 0 Å². The Morgan fingerprint density at radius 2 is 2.03 bits per heavy atom. The summed E-state index contributed by atoms with van der Waals surface area (Å²) in [5.41, 5.74) is 6.82. The number of morpholine rings is 2. The summed E-state index contributed by atoms with van der Waals surface area (Å²) in [4.78, 5) is 28.4. The maximum Gasteiger partial charge on any atom is 0.253 e. The quantitative estimate of drug-likeness (QED) is 0.566. The Labute approximate surface area is 182 Å². The number of carbonyl (C=O) groups excluding carboxylic acids is 2. The Kier molecular flexibility index (Phi) is 7.65. The fourth-order valence-corrected chi connectivity index (χ4v) is 5.42. The number of sulfonamides is 1. The van der Waals surface area contributed by atoms with E-state index in [0.29, 0.717) is 50.6 Å². The molecule has 2 heterocycles. The zero-order valence-electron chi connectivity index (χ0n) is 17.9. The number of rotatable bonds is 7. The average Bonchev–Trinajstić information content (AvgIpc) is 2.77. The number of benzene rings is 1. The largest absolute Gasteiger partial charge is 0.377 e. The van der Waals surface area contributed by atoms with E-state index < -0.39 is 16.1 Å². The number of carbonyl (C=O) groups is 2. The van der Waals surface area contributed by atoms with Crippen molar-refractivity contribution in [1.29, 1.82) is 0 Å². The summed E-state index contributed by atoms with van der Waals surface area (Å²) < 4.78 is 39.6. The molecule has 1 aromatic rings. The van der Waals surface area contributed by atoms with Gasteiger partial charge in [-0.25, -0.2) is 8.42 Å². The van der Waals surface area contributed by atoms with Crippen LogP contribution in [0.1, 0.15) is 19.4 Å². The van der Waals surface area contributed by atoms with Crippen LogP contribution in [0.4, 0.5) is 5.69 Å². The van der Waals surface area contributed by atoms with Gasteiger partial charge < -0.3 is 25.0 Å². The van der Waals surface area contributed by atoms with Gasteiger partial charge in [0.15, 0.2) is 0 Å². The van der Waals surface area contributed by atoms with E-state index in [1.807, 2.05) is 13.8 Å². The van der Waals surface area contributed by atoms with Gasteiger partial charge >= 0.3 is 0 Å². The van der Waals surface area contributed by atoms with E-state index in [0.717, 1.165) is 0 Å². The van der Waals surface area contributed by atoms with E-state index in [2.05, 4.69) is 4.72 Å². The van der Waals surface area contributed by atoms with Gasteiger partial charge in [0.2, 0.25) is 15.9 Å². The van der Waals surface area contributed by atoms with Gasteiger partial charge in [-0.3, -0.25) is 9.59 Å². The third-order valence-corrected chi connectivity index (χ3v) is 7.07. The van der Waals surface area contributed by atoms with Crippen molar-refractivity contribution in [3.63, 3.8) is 0 Å². The summed E-state index contributed by atoms with van der Waals surface area (Å²) in [6.45, 7) is 5.35. The lowest BCUT2D eigenvalue weighted by atomic mass is 10.1. The highest BCUT2D eigenvalue weighted by Crippen LogP contribution is 2.29. The second kappa shape index (κ2) is 10.0. The highest BCUT2D eigenvalue weighted by atomic mass is 32.2. The number of nitrogens with one attached hydrogen (secondary N) is 1. The Balaban J connectivity index is 1.89. The molecule has 0 unspecified atom stereocenters. The van der Waals surface area contributed by atoms with Gasteiger partial charge in [0.25, 0.3) is 5.91 Å². The minimum Gasteiger partial charge on any atom is -0.377 e. The number of hydrogen-bond donors (Lipinski definition) is 2. The molecule has 11 heteroatoms. The molecular formula is C20H30N4O6S. The molecule has 3 N–H and O–H groups in total. The molecule has 2 amide bonds. The average molecular weight is 455 g/mol. The van der Waals surface area contributed by atoms with E-state index in [1.54, 1.807) is 21.9 Å². The molecule has 0 saturated carbocycles. The van der Waals surface area contributed by atoms with Crippen LogP contribution in [0.3, 0.4) is 0 Å². The molecule has 2 fully saturated rings. The molecule has 31 heavy (non-hydrogen) atoms. The molecule has 0 aliphatic carbocycles.